The highest BCUT2D eigenvalue weighted by molar-refractivity contribution is 8.00. The first-order valence-electron chi connectivity index (χ1n) is 7.18. The monoisotopic (exact) mass is 359 g/mol. The van der Waals surface area contributed by atoms with E-state index in [4.69, 9.17) is 11.6 Å². The van der Waals surface area contributed by atoms with Crippen molar-refractivity contribution in [3.8, 4) is 5.69 Å². The lowest BCUT2D eigenvalue weighted by Crippen LogP contribution is -2.22. The highest BCUT2D eigenvalue weighted by Gasteiger charge is 2.15. The van der Waals surface area contributed by atoms with Gasteiger partial charge in [-0.15, -0.1) is 16.9 Å². The predicted octanol–water partition coefficient (Wildman–Crippen LogP) is 3.44. The molecule has 1 N–H and O–H groups in total. The standard InChI is InChI=1S/C16H14ClN5OS/c1-11(24-15-7-5-12(17)6-8-15)16(23)19-13-3-2-4-14(9-13)22-10-18-20-21-22/h2-11H,1H3,(H,19,23). The predicted molar refractivity (Wildman–Crippen MR) is 94.6 cm³/mol. The molecule has 3 rings (SSSR count). The van der Waals surface area contributed by atoms with Crippen molar-refractivity contribution in [3.63, 3.8) is 0 Å². The number of aromatic nitrogens is 4. The van der Waals surface area contributed by atoms with Crippen molar-refractivity contribution in [3.05, 3.63) is 59.9 Å². The van der Waals surface area contributed by atoms with Crippen LogP contribution in [0.1, 0.15) is 6.92 Å². The van der Waals surface area contributed by atoms with E-state index in [0.717, 1.165) is 10.6 Å². The van der Waals surface area contributed by atoms with Crippen LogP contribution in [-0.4, -0.2) is 31.4 Å². The minimum absolute atomic E-state index is 0.0798. The largest absolute Gasteiger partial charge is 0.325 e. The van der Waals surface area contributed by atoms with E-state index in [2.05, 4.69) is 20.8 Å². The van der Waals surface area contributed by atoms with Gasteiger partial charge in [0.1, 0.15) is 6.33 Å². The zero-order valence-electron chi connectivity index (χ0n) is 12.8. The fourth-order valence-corrected chi connectivity index (χ4v) is 3.01. The summed E-state index contributed by atoms with van der Waals surface area (Å²) in [5, 5.41) is 14.4. The van der Waals surface area contributed by atoms with Crippen LogP contribution in [0.2, 0.25) is 5.02 Å². The van der Waals surface area contributed by atoms with Crippen molar-refractivity contribution in [1.82, 2.24) is 20.2 Å². The number of benzene rings is 2. The molecule has 0 aliphatic rings. The minimum atomic E-state index is -0.247. The second-order valence-electron chi connectivity index (χ2n) is 5.01. The molecule has 1 amide bonds. The Hall–Kier alpha value is -2.38. The number of rotatable bonds is 5. The Balaban J connectivity index is 1.66. The van der Waals surface area contributed by atoms with Gasteiger partial charge in [0.15, 0.2) is 0 Å². The van der Waals surface area contributed by atoms with Crippen LogP contribution in [0.3, 0.4) is 0 Å². The average Bonchev–Trinajstić information content (AvgIpc) is 3.12. The number of hydrogen-bond acceptors (Lipinski definition) is 5. The maximum atomic E-state index is 12.4. The van der Waals surface area contributed by atoms with Gasteiger partial charge in [-0.25, -0.2) is 4.68 Å². The van der Waals surface area contributed by atoms with Crippen molar-refractivity contribution >= 4 is 35.0 Å². The van der Waals surface area contributed by atoms with Crippen LogP contribution in [0.5, 0.6) is 0 Å². The maximum absolute atomic E-state index is 12.4. The van der Waals surface area contributed by atoms with E-state index in [0.29, 0.717) is 10.7 Å². The third-order valence-corrected chi connectivity index (χ3v) is 4.59. The van der Waals surface area contributed by atoms with Crippen molar-refractivity contribution in [2.45, 2.75) is 17.1 Å². The lowest BCUT2D eigenvalue weighted by Gasteiger charge is -2.12. The third-order valence-electron chi connectivity index (χ3n) is 3.22. The van der Waals surface area contributed by atoms with Gasteiger partial charge in [0, 0.05) is 15.6 Å². The van der Waals surface area contributed by atoms with Crippen molar-refractivity contribution in [2.75, 3.05) is 5.32 Å². The first kappa shape index (κ1) is 16.5. The number of anilines is 1. The van der Waals surface area contributed by atoms with E-state index in [1.165, 1.54) is 22.8 Å². The van der Waals surface area contributed by atoms with E-state index in [9.17, 15) is 4.79 Å². The van der Waals surface area contributed by atoms with Gasteiger partial charge < -0.3 is 5.32 Å². The molecule has 0 saturated heterocycles. The molecule has 1 atom stereocenters. The zero-order chi connectivity index (χ0) is 16.9. The fraction of sp³-hybridized carbons (Fsp3) is 0.125. The van der Waals surface area contributed by atoms with Crippen LogP contribution in [0.15, 0.2) is 59.8 Å². The fourth-order valence-electron chi connectivity index (χ4n) is 2.02. The number of nitrogens with one attached hydrogen (secondary N) is 1. The second-order valence-corrected chi connectivity index (χ2v) is 6.86. The molecular formula is C16H14ClN5OS. The van der Waals surface area contributed by atoms with E-state index in [1.807, 2.05) is 55.5 Å². The van der Waals surface area contributed by atoms with Gasteiger partial charge in [-0.3, -0.25) is 4.79 Å². The summed E-state index contributed by atoms with van der Waals surface area (Å²) in [4.78, 5) is 13.4. The van der Waals surface area contributed by atoms with Gasteiger partial charge in [-0.1, -0.05) is 17.7 Å². The molecule has 8 heteroatoms. The number of amides is 1. The average molecular weight is 360 g/mol. The van der Waals surface area contributed by atoms with E-state index < -0.39 is 0 Å². The van der Waals surface area contributed by atoms with Gasteiger partial charge in [0.25, 0.3) is 0 Å². The van der Waals surface area contributed by atoms with Crippen molar-refractivity contribution in [1.29, 1.82) is 0 Å². The molecule has 0 saturated carbocycles. The molecular weight excluding hydrogens is 346 g/mol. The van der Waals surface area contributed by atoms with Gasteiger partial charge in [0.2, 0.25) is 5.91 Å². The molecule has 0 aliphatic carbocycles. The molecule has 1 aromatic heterocycles. The smallest absolute Gasteiger partial charge is 0.237 e. The Bertz CT molecular complexity index is 823. The number of halogens is 1. The van der Waals surface area contributed by atoms with Crippen LogP contribution < -0.4 is 5.32 Å². The summed E-state index contributed by atoms with van der Waals surface area (Å²) in [6.07, 6.45) is 1.50. The SMILES string of the molecule is CC(Sc1ccc(Cl)cc1)C(=O)Nc1cccc(-n2cnnn2)c1. The molecule has 0 radical (unpaired) electrons. The quantitative estimate of drug-likeness (QED) is 0.706. The van der Waals surface area contributed by atoms with Crippen LogP contribution in [0.4, 0.5) is 5.69 Å². The number of hydrogen-bond donors (Lipinski definition) is 1. The first-order valence-corrected chi connectivity index (χ1v) is 8.44. The van der Waals surface area contributed by atoms with Gasteiger partial charge >= 0.3 is 0 Å². The summed E-state index contributed by atoms with van der Waals surface area (Å²) in [6, 6.07) is 14.7. The molecule has 2 aromatic carbocycles. The Morgan fingerprint density at radius 3 is 2.75 bits per heavy atom. The molecule has 0 spiro atoms. The van der Waals surface area contributed by atoms with Gasteiger partial charge in [0.05, 0.1) is 10.9 Å². The van der Waals surface area contributed by atoms with Crippen molar-refractivity contribution in [2.24, 2.45) is 0 Å². The highest BCUT2D eigenvalue weighted by Crippen LogP contribution is 2.25. The normalized spacial score (nSPS) is 11.9. The summed E-state index contributed by atoms with van der Waals surface area (Å²) in [5.41, 5.74) is 1.47. The topological polar surface area (TPSA) is 72.7 Å². The van der Waals surface area contributed by atoms with Gasteiger partial charge in [-0.2, -0.15) is 0 Å². The lowest BCUT2D eigenvalue weighted by molar-refractivity contribution is -0.115. The molecule has 3 aromatic rings. The number of carbonyl (C=O) groups is 1. The summed E-state index contributed by atoms with van der Waals surface area (Å²) in [6.45, 7) is 1.86. The number of tetrazole rings is 1. The highest BCUT2D eigenvalue weighted by atomic mass is 35.5. The van der Waals surface area contributed by atoms with E-state index in [1.54, 1.807) is 0 Å². The molecule has 122 valence electrons. The molecule has 1 unspecified atom stereocenters. The lowest BCUT2D eigenvalue weighted by atomic mass is 10.2. The second kappa shape index (κ2) is 7.46. The number of nitrogens with zero attached hydrogens (tertiary/aromatic N) is 4. The van der Waals surface area contributed by atoms with Crippen LogP contribution in [-0.2, 0) is 4.79 Å². The first-order chi connectivity index (χ1) is 11.6. The van der Waals surface area contributed by atoms with Crippen LogP contribution in [0.25, 0.3) is 5.69 Å². The Labute approximate surface area is 148 Å². The maximum Gasteiger partial charge on any atom is 0.237 e. The summed E-state index contributed by atoms with van der Waals surface area (Å²) >= 11 is 7.34. The van der Waals surface area contributed by atoms with Crippen LogP contribution in [0, 0.1) is 0 Å². The Morgan fingerprint density at radius 1 is 1.25 bits per heavy atom. The summed E-state index contributed by atoms with van der Waals surface area (Å²) in [7, 11) is 0. The summed E-state index contributed by atoms with van der Waals surface area (Å²) < 4.78 is 1.53. The van der Waals surface area contributed by atoms with Gasteiger partial charge in [-0.05, 0) is 59.8 Å². The molecule has 1 heterocycles. The molecule has 0 aliphatic heterocycles. The zero-order valence-corrected chi connectivity index (χ0v) is 14.3. The van der Waals surface area contributed by atoms with E-state index >= 15 is 0 Å². The minimum Gasteiger partial charge on any atom is -0.325 e. The summed E-state index contributed by atoms with van der Waals surface area (Å²) in [5.74, 6) is -0.0798. The Morgan fingerprint density at radius 2 is 2.04 bits per heavy atom. The Kier molecular flexibility index (Phi) is 5.12. The van der Waals surface area contributed by atoms with Crippen LogP contribution >= 0.6 is 23.4 Å². The molecule has 6 nitrogen and oxygen atoms in total. The molecule has 0 bridgehead atoms. The number of carbonyl (C=O) groups excluding carboxylic acids is 1. The number of thioether (sulfide) groups is 1. The van der Waals surface area contributed by atoms with E-state index in [-0.39, 0.29) is 11.2 Å². The van der Waals surface area contributed by atoms with Crippen molar-refractivity contribution < 1.29 is 4.79 Å². The molecule has 24 heavy (non-hydrogen) atoms. The third kappa shape index (κ3) is 4.12. The molecule has 0 fully saturated rings.